The largest absolute Gasteiger partial charge is 0.491 e. The number of amides is 2. The van der Waals surface area contributed by atoms with E-state index in [9.17, 15) is 27.6 Å². The highest BCUT2D eigenvalue weighted by molar-refractivity contribution is 7.98. The Hall–Kier alpha value is -4.68. The molecule has 2 N–H and O–H groups in total. The third-order valence-electron chi connectivity index (χ3n) is 7.18. The number of nitrogens with one attached hydrogen (secondary N) is 2. The summed E-state index contributed by atoms with van der Waals surface area (Å²) >= 11 is 1.63. The van der Waals surface area contributed by atoms with E-state index in [1.165, 1.54) is 30.5 Å². The number of ketones is 1. The summed E-state index contributed by atoms with van der Waals surface area (Å²) in [6, 6.07) is 20.1. The highest BCUT2D eigenvalue weighted by Gasteiger charge is 2.30. The molecule has 0 aliphatic rings. The molecule has 0 unspecified atom stereocenters. The number of carbonyl (C=O) groups excluding carboxylic acids is 3. The monoisotopic (exact) mass is 679 g/mol. The Balaban J connectivity index is 1.53. The number of methoxy groups -OCH3 is 1. The summed E-state index contributed by atoms with van der Waals surface area (Å²) in [5, 5.41) is 5.60. The fourth-order valence-corrected chi connectivity index (χ4v) is 5.52. The second kappa shape index (κ2) is 17.5. The van der Waals surface area contributed by atoms with Crippen molar-refractivity contribution >= 4 is 35.0 Å². The summed E-state index contributed by atoms with van der Waals surface area (Å²) in [5.41, 5.74) is 2.39. The van der Waals surface area contributed by atoms with E-state index < -0.39 is 17.6 Å². The fraction of sp³-hybridized carbons (Fsp3) is 0.278. The molecule has 0 saturated carbocycles. The number of carbonyl (C=O) groups is 3. The van der Waals surface area contributed by atoms with Crippen LogP contribution in [0.25, 0.3) is 11.3 Å². The van der Waals surface area contributed by atoms with E-state index in [1.807, 2.05) is 13.0 Å². The van der Waals surface area contributed by atoms with E-state index in [-0.39, 0.29) is 30.4 Å². The van der Waals surface area contributed by atoms with Crippen LogP contribution in [0, 0.1) is 0 Å². The molecule has 0 spiro atoms. The molecule has 0 radical (unpaired) electrons. The number of nitrogens with zero attached hydrogens (tertiary/aromatic N) is 1. The lowest BCUT2D eigenvalue weighted by Gasteiger charge is -2.15. The van der Waals surface area contributed by atoms with E-state index >= 15 is 0 Å². The third kappa shape index (κ3) is 10.7. The second-order valence-electron chi connectivity index (χ2n) is 10.7. The lowest BCUT2D eigenvalue weighted by atomic mass is 10.0. The first-order valence-electron chi connectivity index (χ1n) is 15.2. The highest BCUT2D eigenvalue weighted by Crippen LogP contribution is 2.32. The molecule has 0 bridgehead atoms. The lowest BCUT2D eigenvalue weighted by molar-refractivity contribution is -0.137. The Kier molecular flexibility index (Phi) is 13.2. The average Bonchev–Trinajstić information content (AvgIpc) is 3.09. The Morgan fingerprint density at radius 3 is 2.42 bits per heavy atom. The highest BCUT2D eigenvalue weighted by atomic mass is 32.2. The molecule has 4 rings (SSSR count). The van der Waals surface area contributed by atoms with Gasteiger partial charge in [0.2, 0.25) is 0 Å². The van der Waals surface area contributed by atoms with Gasteiger partial charge >= 0.3 is 6.18 Å². The number of hydrogen-bond donors (Lipinski definition) is 2. The van der Waals surface area contributed by atoms with Gasteiger partial charge in [0.05, 0.1) is 23.6 Å². The third-order valence-corrected chi connectivity index (χ3v) is 8.21. The van der Waals surface area contributed by atoms with Gasteiger partial charge in [-0.05, 0) is 65.7 Å². The zero-order valence-corrected chi connectivity index (χ0v) is 27.4. The van der Waals surface area contributed by atoms with E-state index in [1.54, 1.807) is 55.3 Å². The van der Waals surface area contributed by atoms with E-state index in [2.05, 4.69) is 15.6 Å². The Bertz CT molecular complexity index is 1730. The van der Waals surface area contributed by atoms with Crippen LogP contribution in [0.1, 0.15) is 57.2 Å². The maximum Gasteiger partial charge on any atom is 0.416 e. The second-order valence-corrected chi connectivity index (χ2v) is 11.8. The first-order chi connectivity index (χ1) is 23.1. The van der Waals surface area contributed by atoms with Crippen molar-refractivity contribution in [1.29, 1.82) is 0 Å². The summed E-state index contributed by atoms with van der Waals surface area (Å²) in [4.78, 5) is 42.5. The maximum absolute atomic E-state index is 13.4. The normalized spacial score (nSPS) is 11.2. The molecule has 0 fully saturated rings. The van der Waals surface area contributed by atoms with Crippen LogP contribution in [0.2, 0.25) is 0 Å². The van der Waals surface area contributed by atoms with Gasteiger partial charge < -0.3 is 20.1 Å². The summed E-state index contributed by atoms with van der Waals surface area (Å²) in [6.45, 7) is 2.38. The van der Waals surface area contributed by atoms with Crippen LogP contribution < -0.4 is 15.4 Å². The topological polar surface area (TPSA) is 107 Å². The molecule has 1 heterocycles. The van der Waals surface area contributed by atoms with Crippen LogP contribution in [0.3, 0.4) is 0 Å². The van der Waals surface area contributed by atoms with Crippen molar-refractivity contribution in [3.63, 3.8) is 0 Å². The molecule has 4 aromatic rings. The van der Waals surface area contributed by atoms with Crippen LogP contribution in [0.5, 0.6) is 5.75 Å². The molecule has 0 saturated heterocycles. The molecular formula is C36H36F3N3O5S. The lowest BCUT2D eigenvalue weighted by Crippen LogP contribution is -2.23. The van der Waals surface area contributed by atoms with Gasteiger partial charge in [0.1, 0.15) is 18.1 Å². The quantitative estimate of drug-likeness (QED) is 0.118. The molecular weight excluding hydrogens is 643 g/mol. The summed E-state index contributed by atoms with van der Waals surface area (Å²) < 4.78 is 50.2. The van der Waals surface area contributed by atoms with Gasteiger partial charge in [0.15, 0.2) is 0 Å². The Labute approximate surface area is 281 Å². The van der Waals surface area contributed by atoms with Crippen molar-refractivity contribution in [3.05, 3.63) is 113 Å². The van der Waals surface area contributed by atoms with Gasteiger partial charge in [-0.15, -0.1) is 0 Å². The van der Waals surface area contributed by atoms with Gasteiger partial charge in [-0.3, -0.25) is 19.4 Å². The number of pyridine rings is 1. The summed E-state index contributed by atoms with van der Waals surface area (Å²) in [6.07, 6.45) is -2.02. The van der Waals surface area contributed by atoms with Crippen molar-refractivity contribution in [2.24, 2.45) is 0 Å². The van der Waals surface area contributed by atoms with Crippen LogP contribution in [0.4, 0.5) is 18.9 Å². The van der Waals surface area contributed by atoms with Crippen LogP contribution in [0.15, 0.2) is 85.1 Å². The maximum atomic E-state index is 13.4. The molecule has 48 heavy (non-hydrogen) atoms. The number of rotatable bonds is 16. The average molecular weight is 680 g/mol. The number of hydrogen-bond acceptors (Lipinski definition) is 7. The van der Waals surface area contributed by atoms with Crippen molar-refractivity contribution < 1.29 is 37.0 Å². The SMILES string of the molecule is CCC(=O)CCSCc1cccc(C(=O)Nc2ccc(OCCOC)cc2-c2cc(C(=O)NCc3cccc(C(F)(F)F)c3)ccn2)c1. The van der Waals surface area contributed by atoms with Gasteiger partial charge in [0.25, 0.3) is 11.8 Å². The van der Waals surface area contributed by atoms with Crippen molar-refractivity contribution in [2.75, 3.05) is 31.4 Å². The number of aromatic nitrogens is 1. The number of halogens is 3. The summed E-state index contributed by atoms with van der Waals surface area (Å²) in [7, 11) is 1.56. The molecule has 12 heteroatoms. The Morgan fingerprint density at radius 2 is 1.65 bits per heavy atom. The minimum absolute atomic E-state index is 0.112. The van der Waals surface area contributed by atoms with Crippen LogP contribution in [-0.4, -0.2) is 48.7 Å². The van der Waals surface area contributed by atoms with Crippen LogP contribution >= 0.6 is 11.8 Å². The Morgan fingerprint density at radius 1 is 0.875 bits per heavy atom. The minimum Gasteiger partial charge on any atom is -0.491 e. The molecule has 2 amide bonds. The predicted octanol–water partition coefficient (Wildman–Crippen LogP) is 7.58. The van der Waals surface area contributed by atoms with E-state index in [0.29, 0.717) is 64.8 Å². The zero-order valence-electron chi connectivity index (χ0n) is 26.6. The molecule has 0 atom stereocenters. The smallest absolute Gasteiger partial charge is 0.416 e. The number of ether oxygens (including phenoxy) is 2. The molecule has 1 aromatic heterocycles. The molecule has 0 aliphatic carbocycles. The molecule has 252 valence electrons. The fourth-order valence-electron chi connectivity index (χ4n) is 4.59. The predicted molar refractivity (Wildman–Crippen MR) is 180 cm³/mol. The number of Topliss-reactive ketones (excluding diaryl/α,β-unsaturated/α-hetero) is 1. The standard InChI is InChI=1S/C36H36F3N3O5S/c1-3-29(43)13-17-48-23-25-7-4-8-26(18-25)35(45)42-32-11-10-30(47-16-15-46-2)21-31(32)33-20-27(12-14-40-33)34(44)41-22-24-6-5-9-28(19-24)36(37,38)39/h4-12,14,18-21H,3,13,15-17,22-23H2,1-2H3,(H,41,44)(H,42,45). The van der Waals surface area contributed by atoms with Gasteiger partial charge in [0, 0.05) is 60.9 Å². The van der Waals surface area contributed by atoms with Crippen molar-refractivity contribution in [2.45, 2.75) is 38.2 Å². The van der Waals surface area contributed by atoms with Gasteiger partial charge in [-0.25, -0.2) is 0 Å². The van der Waals surface area contributed by atoms with Crippen LogP contribution in [-0.2, 0) is 28.0 Å². The van der Waals surface area contributed by atoms with Crippen molar-refractivity contribution in [1.82, 2.24) is 10.3 Å². The first kappa shape index (κ1) is 36.2. The summed E-state index contributed by atoms with van der Waals surface area (Å²) in [5.74, 6) is 1.21. The number of anilines is 1. The number of benzene rings is 3. The minimum atomic E-state index is -4.49. The van der Waals surface area contributed by atoms with E-state index in [0.717, 1.165) is 17.7 Å². The molecule has 3 aromatic carbocycles. The van der Waals surface area contributed by atoms with Gasteiger partial charge in [-0.1, -0.05) is 31.2 Å². The molecule has 8 nitrogen and oxygen atoms in total. The first-order valence-corrected chi connectivity index (χ1v) is 16.4. The number of alkyl halides is 3. The molecule has 0 aliphatic heterocycles. The van der Waals surface area contributed by atoms with Crippen molar-refractivity contribution in [3.8, 4) is 17.0 Å². The zero-order chi connectivity index (χ0) is 34.5. The van der Waals surface area contributed by atoms with E-state index in [4.69, 9.17) is 9.47 Å². The number of thioether (sulfide) groups is 1. The van der Waals surface area contributed by atoms with Gasteiger partial charge in [-0.2, -0.15) is 24.9 Å².